The zero-order valence-electron chi connectivity index (χ0n) is 11.1. The van der Waals surface area contributed by atoms with Crippen LogP contribution in [0.1, 0.15) is 20.7 Å². The van der Waals surface area contributed by atoms with E-state index >= 15 is 0 Å². The van der Waals surface area contributed by atoms with Gasteiger partial charge in [0.2, 0.25) is 0 Å². The highest BCUT2D eigenvalue weighted by Crippen LogP contribution is 2.00. The molecule has 0 unspecified atom stereocenters. The van der Waals surface area contributed by atoms with Crippen molar-refractivity contribution in [1.82, 2.24) is 5.32 Å². The minimum Gasteiger partial charge on any atom is -0.441 e. The number of aromatic nitrogens is 1. The molecule has 0 bridgehead atoms. The Bertz CT molecular complexity index is 612. The van der Waals surface area contributed by atoms with E-state index in [0.717, 1.165) is 0 Å². The molecule has 0 atom stereocenters. The summed E-state index contributed by atoms with van der Waals surface area (Å²) in [6.07, 6.45) is 3.51. The first-order chi connectivity index (χ1) is 9.66. The van der Waals surface area contributed by atoms with E-state index in [4.69, 9.17) is 4.74 Å². The number of carbonyl (C=O) groups excluding carboxylic acids is 2. The third-order valence-electron chi connectivity index (χ3n) is 2.65. The number of amides is 1. The van der Waals surface area contributed by atoms with Crippen molar-refractivity contribution >= 4 is 11.9 Å². The molecular weight excluding hydrogens is 256 g/mol. The van der Waals surface area contributed by atoms with Crippen LogP contribution >= 0.6 is 0 Å². The normalized spacial score (nSPS) is 9.85. The van der Waals surface area contributed by atoms with Crippen LogP contribution in [-0.2, 0) is 11.8 Å². The molecular formula is C15H15N2O3+. The lowest BCUT2D eigenvalue weighted by Crippen LogP contribution is -2.32. The van der Waals surface area contributed by atoms with Crippen LogP contribution in [0.4, 0.5) is 0 Å². The van der Waals surface area contributed by atoms with Crippen LogP contribution in [0.2, 0.25) is 0 Å². The minimum absolute atomic E-state index is 0.162. The van der Waals surface area contributed by atoms with E-state index in [1.165, 1.54) is 0 Å². The molecule has 1 aromatic heterocycles. The van der Waals surface area contributed by atoms with Crippen molar-refractivity contribution in [2.24, 2.45) is 7.05 Å². The number of carbonyl (C=O) groups is 2. The lowest BCUT2D eigenvalue weighted by atomic mass is 10.2. The van der Waals surface area contributed by atoms with Gasteiger partial charge in [-0.1, -0.05) is 18.2 Å². The van der Waals surface area contributed by atoms with Crippen LogP contribution in [0.15, 0.2) is 54.9 Å². The van der Waals surface area contributed by atoms with E-state index in [2.05, 4.69) is 5.32 Å². The number of hydrogen-bond donors (Lipinski definition) is 1. The number of hydrogen-bond acceptors (Lipinski definition) is 3. The van der Waals surface area contributed by atoms with E-state index in [0.29, 0.717) is 11.1 Å². The maximum Gasteiger partial charge on any atom is 0.339 e. The first-order valence-corrected chi connectivity index (χ1v) is 6.12. The molecule has 5 nitrogen and oxygen atoms in total. The molecule has 0 spiro atoms. The maximum absolute atomic E-state index is 11.8. The molecule has 2 rings (SSSR count). The summed E-state index contributed by atoms with van der Waals surface area (Å²) < 4.78 is 6.74. The van der Waals surface area contributed by atoms with Crippen LogP contribution in [-0.4, -0.2) is 18.6 Å². The van der Waals surface area contributed by atoms with Gasteiger partial charge >= 0.3 is 5.97 Å². The highest BCUT2D eigenvalue weighted by atomic mass is 16.5. The fourth-order valence-corrected chi connectivity index (χ4v) is 1.65. The average molecular weight is 271 g/mol. The Morgan fingerprint density at radius 2 is 1.80 bits per heavy atom. The summed E-state index contributed by atoms with van der Waals surface area (Å²) in [5, 5.41) is 2.53. The quantitative estimate of drug-likeness (QED) is 0.514. The number of rotatable bonds is 4. The zero-order valence-corrected chi connectivity index (χ0v) is 11.1. The summed E-state index contributed by atoms with van der Waals surface area (Å²) in [7, 11) is 1.83. The Kier molecular flexibility index (Phi) is 4.44. The van der Waals surface area contributed by atoms with Crippen molar-refractivity contribution in [3.63, 3.8) is 0 Å². The molecule has 0 saturated heterocycles. The zero-order chi connectivity index (χ0) is 14.4. The van der Waals surface area contributed by atoms with Gasteiger partial charge in [-0.2, -0.15) is 0 Å². The molecule has 0 fully saturated rings. The van der Waals surface area contributed by atoms with Crippen LogP contribution in [0, 0.1) is 0 Å². The molecule has 0 saturated carbocycles. The van der Waals surface area contributed by atoms with E-state index in [-0.39, 0.29) is 12.6 Å². The Morgan fingerprint density at radius 1 is 1.10 bits per heavy atom. The van der Waals surface area contributed by atoms with Crippen molar-refractivity contribution in [2.45, 2.75) is 0 Å². The van der Waals surface area contributed by atoms with Gasteiger partial charge in [0.25, 0.3) is 5.91 Å². The molecule has 0 aliphatic heterocycles. The van der Waals surface area contributed by atoms with Gasteiger partial charge < -0.3 is 10.1 Å². The monoisotopic (exact) mass is 271 g/mol. The van der Waals surface area contributed by atoms with Gasteiger partial charge in [-0.15, -0.1) is 0 Å². The number of nitrogens with zero attached hydrogens (tertiary/aromatic N) is 1. The molecule has 2 aromatic rings. The lowest BCUT2D eigenvalue weighted by Gasteiger charge is -2.06. The summed E-state index contributed by atoms with van der Waals surface area (Å²) in [5.74, 6) is -0.758. The molecule has 0 aliphatic carbocycles. The summed E-state index contributed by atoms with van der Waals surface area (Å²) in [6.45, 7) is -0.162. The Balaban J connectivity index is 1.84. The van der Waals surface area contributed by atoms with Gasteiger partial charge in [0, 0.05) is 6.07 Å². The van der Waals surface area contributed by atoms with Gasteiger partial charge in [0.15, 0.2) is 19.1 Å². The van der Waals surface area contributed by atoms with E-state index in [1.54, 1.807) is 47.2 Å². The molecule has 1 N–H and O–H groups in total. The molecule has 20 heavy (non-hydrogen) atoms. The van der Waals surface area contributed by atoms with Crippen molar-refractivity contribution in [1.29, 1.82) is 0 Å². The molecule has 5 heteroatoms. The third-order valence-corrected chi connectivity index (χ3v) is 2.65. The van der Waals surface area contributed by atoms with Crippen molar-refractivity contribution in [3.8, 4) is 0 Å². The highest BCUT2D eigenvalue weighted by Gasteiger charge is 2.10. The van der Waals surface area contributed by atoms with Gasteiger partial charge in [0.1, 0.15) is 12.6 Å². The number of ether oxygens (including phenoxy) is 1. The van der Waals surface area contributed by atoms with Crippen molar-refractivity contribution in [3.05, 3.63) is 66.0 Å². The SMILES string of the molecule is C[n+]1cccc(C(=O)NCOC(=O)c2ccccc2)c1. The lowest BCUT2D eigenvalue weighted by molar-refractivity contribution is -0.671. The van der Waals surface area contributed by atoms with Crippen LogP contribution in [0.5, 0.6) is 0 Å². The average Bonchev–Trinajstić information content (AvgIpc) is 2.48. The van der Waals surface area contributed by atoms with Crippen LogP contribution in [0.3, 0.4) is 0 Å². The van der Waals surface area contributed by atoms with Crippen molar-refractivity contribution in [2.75, 3.05) is 6.73 Å². The van der Waals surface area contributed by atoms with E-state index in [1.807, 2.05) is 19.3 Å². The van der Waals surface area contributed by atoms with E-state index < -0.39 is 5.97 Å². The number of esters is 1. The number of benzene rings is 1. The van der Waals surface area contributed by atoms with Crippen molar-refractivity contribution < 1.29 is 18.9 Å². The topological polar surface area (TPSA) is 59.3 Å². The number of pyridine rings is 1. The smallest absolute Gasteiger partial charge is 0.339 e. The molecule has 1 heterocycles. The van der Waals surface area contributed by atoms with Gasteiger partial charge in [-0.25, -0.2) is 9.36 Å². The summed E-state index contributed by atoms with van der Waals surface area (Å²) in [6, 6.07) is 12.1. The minimum atomic E-state index is -0.468. The predicted molar refractivity (Wildman–Crippen MR) is 71.8 cm³/mol. The summed E-state index contributed by atoms with van der Waals surface area (Å²) >= 11 is 0. The molecule has 0 aliphatic rings. The highest BCUT2D eigenvalue weighted by molar-refractivity contribution is 5.94. The van der Waals surface area contributed by atoms with E-state index in [9.17, 15) is 9.59 Å². The van der Waals surface area contributed by atoms with Crippen LogP contribution < -0.4 is 9.88 Å². The third kappa shape index (κ3) is 3.65. The van der Waals surface area contributed by atoms with Gasteiger partial charge in [-0.3, -0.25) is 4.79 Å². The Labute approximate surface area is 116 Å². The molecule has 102 valence electrons. The van der Waals surface area contributed by atoms with Gasteiger partial charge in [-0.05, 0) is 18.2 Å². The maximum atomic E-state index is 11.8. The number of aryl methyl sites for hydroxylation is 1. The summed E-state index contributed by atoms with van der Waals surface area (Å²) in [5.41, 5.74) is 0.957. The summed E-state index contributed by atoms with van der Waals surface area (Å²) in [4.78, 5) is 23.4. The molecule has 1 amide bonds. The van der Waals surface area contributed by atoms with Crippen LogP contribution in [0.25, 0.3) is 0 Å². The first kappa shape index (κ1) is 13.7. The Morgan fingerprint density at radius 3 is 2.50 bits per heavy atom. The first-order valence-electron chi connectivity index (χ1n) is 6.12. The number of nitrogens with one attached hydrogen (secondary N) is 1. The second kappa shape index (κ2) is 6.47. The predicted octanol–water partition coefficient (Wildman–Crippen LogP) is 1.06. The second-order valence-corrected chi connectivity index (χ2v) is 4.21. The molecule has 1 aromatic carbocycles. The van der Waals surface area contributed by atoms with Gasteiger partial charge in [0.05, 0.1) is 5.56 Å². The largest absolute Gasteiger partial charge is 0.441 e. The fraction of sp³-hybridized carbons (Fsp3) is 0.133. The molecule has 0 radical (unpaired) electrons. The Hall–Kier alpha value is -2.69. The second-order valence-electron chi connectivity index (χ2n) is 4.21. The standard InChI is InChI=1S/C15H14N2O3/c1-17-9-5-8-13(10-17)14(18)16-11-20-15(19)12-6-3-2-4-7-12/h2-10H,11H2,1H3/p+1. The fourth-order valence-electron chi connectivity index (χ4n) is 1.65.